The van der Waals surface area contributed by atoms with Gasteiger partial charge >= 0.3 is 0 Å². The van der Waals surface area contributed by atoms with Gasteiger partial charge in [0.15, 0.2) is 5.78 Å². The van der Waals surface area contributed by atoms with Crippen molar-refractivity contribution in [2.24, 2.45) is 5.73 Å². The van der Waals surface area contributed by atoms with Gasteiger partial charge in [-0.3, -0.25) is 4.79 Å². The molecule has 2 N–H and O–H groups in total. The van der Waals surface area contributed by atoms with Gasteiger partial charge in [-0.05, 0) is 25.1 Å². The monoisotopic (exact) mass is 209 g/mol. The molecule has 74 valence electrons. The quantitative estimate of drug-likeness (QED) is 0.753. The summed E-state index contributed by atoms with van der Waals surface area (Å²) in [5.41, 5.74) is 6.19. The second-order valence-corrected chi connectivity index (χ2v) is 4.19. The van der Waals surface area contributed by atoms with Crippen LogP contribution in [0.5, 0.6) is 5.75 Å². The average Bonchev–Trinajstić information content (AvgIpc) is 2.62. The van der Waals surface area contributed by atoms with E-state index in [-0.39, 0.29) is 5.78 Å². The average molecular weight is 209 g/mol. The number of ether oxygens (including phenoxy) is 1. The van der Waals surface area contributed by atoms with Crippen LogP contribution < -0.4 is 10.5 Å². The van der Waals surface area contributed by atoms with Gasteiger partial charge in [0.1, 0.15) is 11.7 Å². The molecule has 1 aromatic rings. The van der Waals surface area contributed by atoms with Gasteiger partial charge in [-0.25, -0.2) is 0 Å². The molecule has 3 nitrogen and oxygen atoms in total. The number of ketones is 1. The first-order chi connectivity index (χ1) is 6.68. The normalized spacial score (nSPS) is 15.9. The third kappa shape index (κ3) is 1.63. The van der Waals surface area contributed by atoms with E-state index in [1.807, 2.05) is 12.1 Å². The highest BCUT2D eigenvalue weighted by Crippen LogP contribution is 2.36. The Morgan fingerprint density at radius 2 is 2.43 bits per heavy atom. The van der Waals surface area contributed by atoms with Crippen molar-refractivity contribution in [2.45, 2.75) is 17.9 Å². The van der Waals surface area contributed by atoms with Crippen LogP contribution in [0.2, 0.25) is 0 Å². The van der Waals surface area contributed by atoms with Crippen molar-refractivity contribution in [2.75, 3.05) is 5.94 Å². The van der Waals surface area contributed by atoms with Crippen molar-refractivity contribution < 1.29 is 9.53 Å². The molecule has 0 aromatic heterocycles. The van der Waals surface area contributed by atoms with E-state index in [2.05, 4.69) is 0 Å². The van der Waals surface area contributed by atoms with E-state index in [1.54, 1.807) is 24.8 Å². The number of Topliss-reactive ketones (excluding diaryl/α,β-unsaturated/α-hetero) is 1. The Morgan fingerprint density at radius 1 is 1.64 bits per heavy atom. The van der Waals surface area contributed by atoms with E-state index in [4.69, 9.17) is 10.5 Å². The molecule has 1 atom stereocenters. The predicted octanol–water partition coefficient (Wildman–Crippen LogP) is 1.66. The van der Waals surface area contributed by atoms with Crippen molar-refractivity contribution in [3.8, 4) is 5.75 Å². The van der Waals surface area contributed by atoms with E-state index < -0.39 is 6.04 Å². The zero-order valence-electron chi connectivity index (χ0n) is 7.82. The Hall–Kier alpha value is -1.00. The van der Waals surface area contributed by atoms with Crippen LogP contribution in [0.1, 0.15) is 17.3 Å². The minimum absolute atomic E-state index is 0.0275. The van der Waals surface area contributed by atoms with Gasteiger partial charge in [-0.1, -0.05) is 11.8 Å². The molecule has 1 aromatic carbocycles. The van der Waals surface area contributed by atoms with Crippen LogP contribution in [0, 0.1) is 0 Å². The highest BCUT2D eigenvalue weighted by Gasteiger charge is 2.17. The highest BCUT2D eigenvalue weighted by molar-refractivity contribution is 7.99. The van der Waals surface area contributed by atoms with Crippen LogP contribution in [0.15, 0.2) is 23.1 Å². The second kappa shape index (κ2) is 3.63. The Bertz CT molecular complexity index is 376. The number of fused-ring (bicyclic) bond motifs is 1. The molecule has 1 unspecified atom stereocenters. The van der Waals surface area contributed by atoms with E-state index in [0.717, 1.165) is 10.6 Å². The van der Waals surface area contributed by atoms with Crippen LogP contribution in [0.4, 0.5) is 0 Å². The van der Waals surface area contributed by atoms with Crippen LogP contribution in [-0.2, 0) is 0 Å². The van der Waals surface area contributed by atoms with Crippen molar-refractivity contribution in [3.05, 3.63) is 23.8 Å². The number of benzene rings is 1. The molecular formula is C10H11NO2S. The first kappa shape index (κ1) is 9.55. The fourth-order valence-electron chi connectivity index (χ4n) is 1.31. The van der Waals surface area contributed by atoms with Gasteiger partial charge in [-0.15, -0.1) is 0 Å². The third-order valence-corrected chi connectivity index (χ3v) is 2.94. The van der Waals surface area contributed by atoms with Gasteiger partial charge in [0, 0.05) is 5.56 Å². The standard InChI is InChI=1S/C10H11NO2S/c1-6(11)10(12)7-2-3-8-9(4-7)14-5-13-8/h2-4,6H,5,11H2,1H3. The van der Waals surface area contributed by atoms with E-state index in [1.165, 1.54) is 0 Å². The Labute approximate surface area is 86.6 Å². The van der Waals surface area contributed by atoms with Crippen molar-refractivity contribution in [3.63, 3.8) is 0 Å². The predicted molar refractivity (Wildman–Crippen MR) is 55.8 cm³/mol. The highest BCUT2D eigenvalue weighted by atomic mass is 32.2. The number of carbonyl (C=O) groups is 1. The number of hydrogen-bond donors (Lipinski definition) is 1. The third-order valence-electron chi connectivity index (χ3n) is 2.07. The van der Waals surface area contributed by atoms with Gasteiger partial charge in [0.05, 0.1) is 10.9 Å². The zero-order chi connectivity index (χ0) is 10.1. The Balaban J connectivity index is 2.33. The molecule has 4 heteroatoms. The lowest BCUT2D eigenvalue weighted by atomic mass is 10.1. The summed E-state index contributed by atoms with van der Waals surface area (Å²) >= 11 is 1.60. The summed E-state index contributed by atoms with van der Waals surface area (Å²) < 4.78 is 5.31. The second-order valence-electron chi connectivity index (χ2n) is 3.22. The first-order valence-corrected chi connectivity index (χ1v) is 5.36. The van der Waals surface area contributed by atoms with Crippen LogP contribution >= 0.6 is 11.8 Å². The van der Waals surface area contributed by atoms with Crippen molar-refractivity contribution >= 4 is 17.5 Å². The first-order valence-electron chi connectivity index (χ1n) is 4.38. The fourth-order valence-corrected chi connectivity index (χ4v) is 2.11. The van der Waals surface area contributed by atoms with E-state index in [0.29, 0.717) is 11.5 Å². The molecule has 14 heavy (non-hydrogen) atoms. The molecule has 0 spiro atoms. The fraction of sp³-hybridized carbons (Fsp3) is 0.300. The summed E-state index contributed by atoms with van der Waals surface area (Å²) in [5.74, 6) is 1.46. The van der Waals surface area contributed by atoms with Gasteiger partial charge < -0.3 is 10.5 Å². The van der Waals surface area contributed by atoms with E-state index >= 15 is 0 Å². The smallest absolute Gasteiger partial charge is 0.179 e. The topological polar surface area (TPSA) is 52.3 Å². The largest absolute Gasteiger partial charge is 0.481 e. The SMILES string of the molecule is CC(N)C(=O)c1ccc2c(c1)SCO2. The van der Waals surface area contributed by atoms with Gasteiger partial charge in [0.2, 0.25) is 0 Å². The summed E-state index contributed by atoms with van der Waals surface area (Å²) in [6, 6.07) is 4.99. The summed E-state index contributed by atoms with van der Waals surface area (Å²) in [5, 5.41) is 0. The summed E-state index contributed by atoms with van der Waals surface area (Å²) in [6.07, 6.45) is 0. The number of rotatable bonds is 2. The minimum Gasteiger partial charge on any atom is -0.481 e. The molecule has 0 radical (unpaired) electrons. The molecule has 0 saturated heterocycles. The maximum atomic E-state index is 11.6. The lowest BCUT2D eigenvalue weighted by molar-refractivity contribution is 0.0967. The molecule has 0 fully saturated rings. The summed E-state index contributed by atoms with van der Waals surface area (Å²) in [4.78, 5) is 12.6. The number of hydrogen-bond acceptors (Lipinski definition) is 4. The maximum Gasteiger partial charge on any atom is 0.179 e. The molecule has 1 heterocycles. The minimum atomic E-state index is -0.444. The molecule has 2 rings (SSSR count). The number of thioether (sulfide) groups is 1. The Kier molecular flexibility index (Phi) is 2.48. The molecular weight excluding hydrogens is 198 g/mol. The molecule has 0 aliphatic carbocycles. The lowest BCUT2D eigenvalue weighted by Crippen LogP contribution is -2.26. The molecule has 0 amide bonds. The number of nitrogens with two attached hydrogens (primary N) is 1. The van der Waals surface area contributed by atoms with Crippen molar-refractivity contribution in [1.82, 2.24) is 0 Å². The molecule has 0 saturated carbocycles. The van der Waals surface area contributed by atoms with Crippen LogP contribution in [0.25, 0.3) is 0 Å². The van der Waals surface area contributed by atoms with Gasteiger partial charge in [-0.2, -0.15) is 0 Å². The zero-order valence-corrected chi connectivity index (χ0v) is 8.64. The van der Waals surface area contributed by atoms with Crippen molar-refractivity contribution in [1.29, 1.82) is 0 Å². The van der Waals surface area contributed by atoms with Crippen LogP contribution in [0.3, 0.4) is 0 Å². The Morgan fingerprint density at radius 3 is 3.14 bits per heavy atom. The summed E-state index contributed by atoms with van der Waals surface area (Å²) in [6.45, 7) is 1.69. The number of carbonyl (C=O) groups excluding carboxylic acids is 1. The van der Waals surface area contributed by atoms with Gasteiger partial charge in [0.25, 0.3) is 0 Å². The van der Waals surface area contributed by atoms with E-state index in [9.17, 15) is 4.79 Å². The van der Waals surface area contributed by atoms with Crippen LogP contribution in [-0.4, -0.2) is 17.8 Å². The molecule has 0 bridgehead atoms. The lowest BCUT2D eigenvalue weighted by Gasteiger charge is -2.05. The maximum absolute atomic E-state index is 11.6. The molecule has 1 aliphatic heterocycles. The molecule has 1 aliphatic rings. The summed E-state index contributed by atoms with van der Waals surface area (Å²) in [7, 11) is 0.